The molecule has 0 spiro atoms. The Bertz CT molecular complexity index is 829. The molecule has 0 aliphatic rings. The van der Waals surface area contributed by atoms with E-state index in [1.54, 1.807) is 0 Å². The maximum absolute atomic E-state index is 13.1. The van der Waals surface area contributed by atoms with E-state index >= 15 is 0 Å². The summed E-state index contributed by atoms with van der Waals surface area (Å²) in [6, 6.07) is 0. The van der Waals surface area contributed by atoms with Gasteiger partial charge in [-0.15, -0.1) is 0 Å². The van der Waals surface area contributed by atoms with E-state index in [9.17, 15) is 83.1 Å². The lowest BCUT2D eigenvalue weighted by molar-refractivity contribution is -0.458. The van der Waals surface area contributed by atoms with E-state index in [0.717, 1.165) is 0 Å². The van der Waals surface area contributed by atoms with E-state index < -0.39 is 57.0 Å². The molecule has 0 aliphatic heterocycles. The van der Waals surface area contributed by atoms with Gasteiger partial charge in [-0.1, -0.05) is 20.8 Å². The number of nitrogens with two attached hydrogens (primary N) is 1. The second-order valence-corrected chi connectivity index (χ2v) is 8.23. The Kier molecular flexibility index (Phi) is 10.7. The molecule has 0 aromatic heterocycles. The summed E-state index contributed by atoms with van der Waals surface area (Å²) < 4.78 is 236. The Morgan fingerprint density at radius 2 is 0.722 bits per heavy atom. The quantitative estimate of drug-likeness (QED) is 0.333. The minimum absolute atomic E-state index is 1.19. The van der Waals surface area contributed by atoms with Crippen molar-refractivity contribution in [2.24, 2.45) is 5.14 Å². The summed E-state index contributed by atoms with van der Waals surface area (Å²) in [4.78, 5) is 2.38. The Morgan fingerprint density at radius 3 is 0.889 bits per heavy atom. The molecule has 0 bridgehead atoms. The molecule has 0 saturated heterocycles. The average molecular weight is 600 g/mol. The van der Waals surface area contributed by atoms with Crippen molar-refractivity contribution in [3.8, 4) is 0 Å². The van der Waals surface area contributed by atoms with E-state index in [4.69, 9.17) is 0 Å². The molecule has 22 heteroatoms. The topological polar surface area (TPSA) is 63.4 Å². The predicted molar refractivity (Wildman–Crippen MR) is 87.3 cm³/mol. The van der Waals surface area contributed by atoms with Crippen LogP contribution < -0.4 is 5.14 Å². The van der Waals surface area contributed by atoms with E-state index in [2.05, 4.69) is 30.8 Å². The molecule has 0 aliphatic carbocycles. The average Bonchev–Trinajstić information content (AvgIpc) is 2.67. The Balaban J connectivity index is 0. The highest BCUT2D eigenvalue weighted by molar-refractivity contribution is 7.90. The highest BCUT2D eigenvalue weighted by Crippen LogP contribution is 2.64. The fourth-order valence-electron chi connectivity index (χ4n) is 2.00. The van der Waals surface area contributed by atoms with E-state index in [0.29, 0.717) is 0 Å². The van der Waals surface area contributed by atoms with Crippen molar-refractivity contribution >= 4 is 10.0 Å². The number of alkyl halides is 17. The number of hydrogen-bond acceptors (Lipinski definition) is 3. The zero-order valence-electron chi connectivity index (χ0n) is 17.8. The molecule has 0 unspecified atom stereocenters. The van der Waals surface area contributed by atoms with Gasteiger partial charge in [0.05, 0.1) is 0 Å². The van der Waals surface area contributed by atoms with Crippen LogP contribution in [0.3, 0.4) is 0 Å². The Labute approximate surface area is 191 Å². The molecule has 2 N–H and O–H groups in total. The molecule has 0 fully saturated rings. The van der Waals surface area contributed by atoms with E-state index in [1.165, 1.54) is 19.6 Å². The number of nitrogens with zero attached hydrogens (tertiary/aromatic N) is 1. The van der Waals surface area contributed by atoms with Crippen LogP contribution in [0, 0.1) is 0 Å². The van der Waals surface area contributed by atoms with Crippen molar-refractivity contribution in [1.29, 1.82) is 0 Å². The van der Waals surface area contributed by atoms with Crippen LogP contribution in [-0.2, 0) is 10.0 Å². The maximum atomic E-state index is 13.1. The van der Waals surface area contributed by atoms with Gasteiger partial charge in [-0.05, 0) is 19.6 Å². The zero-order chi connectivity index (χ0) is 30.2. The molecule has 4 nitrogen and oxygen atoms in total. The molecule has 0 atom stereocenters. The van der Waals surface area contributed by atoms with Crippen LogP contribution in [0.1, 0.15) is 20.8 Å². The molecule has 0 heterocycles. The maximum Gasteiger partial charge on any atom is 0.460 e. The van der Waals surface area contributed by atoms with Crippen LogP contribution in [0.2, 0.25) is 0 Å². The van der Waals surface area contributed by atoms with Gasteiger partial charge < -0.3 is 4.90 Å². The minimum Gasteiger partial charge on any atom is -0.304 e. The smallest absolute Gasteiger partial charge is 0.304 e. The molecular formula is C14H17F17N2O2S. The first-order valence-electron chi connectivity index (χ1n) is 8.81. The van der Waals surface area contributed by atoms with Crippen LogP contribution in [-0.4, -0.2) is 79.9 Å². The van der Waals surface area contributed by atoms with Crippen LogP contribution in [0.4, 0.5) is 74.6 Å². The number of sulfonamides is 1. The molecule has 0 rings (SSSR count). The van der Waals surface area contributed by atoms with Gasteiger partial charge in [0.15, 0.2) is 0 Å². The molecule has 220 valence electrons. The zero-order valence-corrected chi connectivity index (χ0v) is 18.6. The summed E-state index contributed by atoms with van der Waals surface area (Å²) in [5.74, 6) is -51.6. The van der Waals surface area contributed by atoms with Crippen molar-refractivity contribution in [3.63, 3.8) is 0 Å². The Hall–Kier alpha value is -1.32. The van der Waals surface area contributed by atoms with Crippen molar-refractivity contribution in [2.75, 3.05) is 19.6 Å². The summed E-state index contributed by atoms with van der Waals surface area (Å²) in [7, 11) is -7.39. The van der Waals surface area contributed by atoms with Gasteiger partial charge in [-0.3, -0.25) is 0 Å². The molecule has 0 radical (unpaired) electrons. The van der Waals surface area contributed by atoms with Gasteiger partial charge in [0.1, 0.15) is 0 Å². The third kappa shape index (κ3) is 5.58. The summed E-state index contributed by atoms with van der Waals surface area (Å²) in [5, 5.41) is -4.30. The van der Waals surface area contributed by atoms with Crippen molar-refractivity contribution < 1.29 is 83.1 Å². The molecule has 0 aromatic rings. The number of halogens is 17. The molecular weight excluding hydrogens is 583 g/mol. The van der Waals surface area contributed by atoms with Crippen LogP contribution in [0.5, 0.6) is 0 Å². The van der Waals surface area contributed by atoms with E-state index in [-0.39, 0.29) is 0 Å². The van der Waals surface area contributed by atoms with Crippen LogP contribution >= 0.6 is 0 Å². The summed E-state index contributed by atoms with van der Waals surface area (Å²) >= 11 is 0. The first kappa shape index (κ1) is 36.8. The summed E-state index contributed by atoms with van der Waals surface area (Å²) in [5.41, 5.74) is 0. The number of rotatable bonds is 10. The SMILES string of the molecule is CCN(CC)CC.NS(=O)(=O)C(F)(F)C(F)(F)C(F)(F)C(F)(F)C(F)(F)C(F)(F)C(F)(F)C(F)(F)F. The van der Waals surface area contributed by atoms with Crippen LogP contribution in [0.15, 0.2) is 0 Å². The number of hydrogen-bond donors (Lipinski definition) is 1. The van der Waals surface area contributed by atoms with Gasteiger partial charge in [0.25, 0.3) is 10.0 Å². The second-order valence-electron chi connectivity index (χ2n) is 6.63. The highest BCUT2D eigenvalue weighted by Gasteiger charge is 2.96. The molecule has 0 aromatic carbocycles. The normalized spacial score (nSPS) is 15.6. The van der Waals surface area contributed by atoms with Crippen molar-refractivity contribution in [2.45, 2.75) is 67.7 Å². The fourth-order valence-corrected chi connectivity index (χ4v) is 2.48. The lowest BCUT2D eigenvalue weighted by Gasteiger charge is -2.42. The molecule has 0 saturated carbocycles. The highest BCUT2D eigenvalue weighted by atomic mass is 32.2. The largest absolute Gasteiger partial charge is 0.460 e. The first-order chi connectivity index (χ1) is 15.3. The monoisotopic (exact) mass is 600 g/mol. The predicted octanol–water partition coefficient (Wildman–Crippen LogP) is 5.59. The van der Waals surface area contributed by atoms with Gasteiger partial charge in [-0.25, -0.2) is 13.6 Å². The summed E-state index contributed by atoms with van der Waals surface area (Å²) in [6.45, 7) is 10.1. The third-order valence-electron chi connectivity index (χ3n) is 4.39. The van der Waals surface area contributed by atoms with Crippen LogP contribution in [0.25, 0.3) is 0 Å². The third-order valence-corrected chi connectivity index (χ3v) is 5.36. The van der Waals surface area contributed by atoms with Crippen molar-refractivity contribution in [3.05, 3.63) is 0 Å². The molecule has 0 amide bonds. The van der Waals surface area contributed by atoms with Gasteiger partial charge in [-0.2, -0.15) is 74.6 Å². The first-order valence-corrected chi connectivity index (χ1v) is 10.4. The lowest BCUT2D eigenvalue weighted by atomic mass is 9.91. The van der Waals surface area contributed by atoms with Crippen molar-refractivity contribution in [1.82, 2.24) is 4.90 Å². The van der Waals surface area contributed by atoms with E-state index in [1.807, 2.05) is 0 Å². The second kappa shape index (κ2) is 10.4. The molecule has 36 heavy (non-hydrogen) atoms. The van der Waals surface area contributed by atoms with Gasteiger partial charge in [0.2, 0.25) is 0 Å². The lowest BCUT2D eigenvalue weighted by Crippen LogP contribution is -2.75. The standard InChI is InChI=1S/C8H2F17NO2S.C6H15N/c9-1(10,3(13,14)5(17,18)7(21,22)23)2(11,12)4(15,16)6(19,20)8(24,25)29(26,27)28;1-4-7(5-2)6-3/h(H2,26,27,28);4-6H2,1-3H3. The minimum atomic E-state index is -8.84. The summed E-state index contributed by atoms with van der Waals surface area (Å²) in [6.07, 6.45) is -7.86. The fraction of sp³-hybridized carbons (Fsp3) is 1.00. The van der Waals surface area contributed by atoms with Gasteiger partial charge >= 0.3 is 47.0 Å². The number of primary sulfonamides is 1. The van der Waals surface area contributed by atoms with Gasteiger partial charge in [0, 0.05) is 0 Å². The Morgan fingerprint density at radius 1 is 0.500 bits per heavy atom.